The van der Waals surface area contributed by atoms with E-state index in [1.807, 2.05) is 41.1 Å². The van der Waals surface area contributed by atoms with Crippen LogP contribution >= 0.6 is 11.3 Å². The van der Waals surface area contributed by atoms with Gasteiger partial charge in [0.1, 0.15) is 10.8 Å². The Morgan fingerprint density at radius 1 is 1.15 bits per heavy atom. The van der Waals surface area contributed by atoms with Crippen LogP contribution in [0.25, 0.3) is 21.6 Å². The molecule has 0 atom stereocenters. The lowest BCUT2D eigenvalue weighted by Crippen LogP contribution is -2.22. The summed E-state index contributed by atoms with van der Waals surface area (Å²) in [4.78, 5) is 21.6. The van der Waals surface area contributed by atoms with Crippen LogP contribution < -0.4 is 5.32 Å². The predicted octanol–water partition coefficient (Wildman–Crippen LogP) is 4.00. The van der Waals surface area contributed by atoms with Gasteiger partial charge in [0.05, 0.1) is 15.9 Å². The lowest BCUT2D eigenvalue weighted by atomic mass is 10.2. The summed E-state index contributed by atoms with van der Waals surface area (Å²) in [5, 5.41) is 5.78. The zero-order valence-corrected chi connectivity index (χ0v) is 20.3. The quantitative estimate of drug-likeness (QED) is 0.409. The van der Waals surface area contributed by atoms with Crippen molar-refractivity contribution in [2.24, 2.45) is 0 Å². The van der Waals surface area contributed by atoms with Gasteiger partial charge in [-0.15, -0.1) is 11.3 Å². The molecule has 2 aromatic heterocycles. The minimum Gasteiger partial charge on any atom is -0.328 e. The summed E-state index contributed by atoms with van der Waals surface area (Å²) in [7, 11) is -0.538. The van der Waals surface area contributed by atoms with Gasteiger partial charge in [-0.3, -0.25) is 4.79 Å². The molecule has 0 bridgehead atoms. The van der Waals surface area contributed by atoms with E-state index in [9.17, 15) is 13.2 Å². The van der Waals surface area contributed by atoms with Crippen molar-refractivity contribution in [2.75, 3.05) is 19.4 Å². The van der Waals surface area contributed by atoms with Crippen molar-refractivity contribution in [3.8, 4) is 10.6 Å². The van der Waals surface area contributed by atoms with Crippen LogP contribution in [0.3, 0.4) is 0 Å². The van der Waals surface area contributed by atoms with Crippen molar-refractivity contribution < 1.29 is 13.2 Å². The largest absolute Gasteiger partial charge is 0.328 e. The maximum Gasteiger partial charge on any atom is 0.242 e. The zero-order chi connectivity index (χ0) is 23.6. The molecule has 0 radical (unpaired) electrons. The second-order valence-corrected chi connectivity index (χ2v) is 10.7. The van der Waals surface area contributed by atoms with Crippen LogP contribution in [0.5, 0.6) is 0 Å². The Labute approximate surface area is 197 Å². The van der Waals surface area contributed by atoms with Gasteiger partial charge in [0.2, 0.25) is 15.9 Å². The first-order chi connectivity index (χ1) is 15.8. The molecule has 0 unspecified atom stereocenters. The molecule has 0 aliphatic heterocycles. The number of anilines is 1. The zero-order valence-electron chi connectivity index (χ0n) is 18.6. The number of carbonyl (C=O) groups is 1. The van der Waals surface area contributed by atoms with Crippen LogP contribution in [-0.2, 0) is 27.8 Å². The van der Waals surface area contributed by atoms with Crippen LogP contribution in [0.1, 0.15) is 19.2 Å². The number of fused-ring (bicyclic) bond motifs is 1. The number of carbonyl (C=O) groups excluding carboxylic acids is 1. The van der Waals surface area contributed by atoms with Gasteiger partial charge in [-0.2, -0.15) is 0 Å². The number of imidazole rings is 1. The number of sulfonamides is 1. The van der Waals surface area contributed by atoms with E-state index in [4.69, 9.17) is 0 Å². The van der Waals surface area contributed by atoms with Gasteiger partial charge in [0.25, 0.3) is 0 Å². The number of benzene rings is 2. The van der Waals surface area contributed by atoms with Gasteiger partial charge >= 0.3 is 0 Å². The topological polar surface area (TPSA) is 97.2 Å². The fourth-order valence-electron chi connectivity index (χ4n) is 3.59. The fourth-order valence-corrected chi connectivity index (χ4v) is 5.15. The molecule has 1 N–H and O–H groups in total. The monoisotopic (exact) mass is 483 g/mol. The molecule has 0 saturated heterocycles. The van der Waals surface area contributed by atoms with Gasteiger partial charge in [0, 0.05) is 56.3 Å². The molecule has 8 nitrogen and oxygen atoms in total. The molecule has 0 aliphatic rings. The highest BCUT2D eigenvalue weighted by Crippen LogP contribution is 2.24. The minimum atomic E-state index is -3.54. The Morgan fingerprint density at radius 2 is 1.91 bits per heavy atom. The van der Waals surface area contributed by atoms with E-state index in [-0.39, 0.29) is 17.2 Å². The molecule has 1 amide bonds. The number of hydrogen-bond donors (Lipinski definition) is 1. The highest BCUT2D eigenvalue weighted by Gasteiger charge is 2.19. The normalized spacial score (nSPS) is 11.9. The van der Waals surface area contributed by atoms with E-state index in [0.29, 0.717) is 18.5 Å². The number of nitrogens with zero attached hydrogens (tertiary/aromatic N) is 4. The third-order valence-corrected chi connectivity index (χ3v) is 7.95. The summed E-state index contributed by atoms with van der Waals surface area (Å²) >= 11 is 1.57. The fraction of sp³-hybridized carbons (Fsp3) is 0.261. The molecular formula is C23H25N5O3S2. The molecular weight excluding hydrogens is 458 g/mol. The molecule has 33 heavy (non-hydrogen) atoms. The second kappa shape index (κ2) is 9.42. The summed E-state index contributed by atoms with van der Waals surface area (Å²) in [5.74, 6) is 0.642. The second-order valence-electron chi connectivity index (χ2n) is 7.67. The van der Waals surface area contributed by atoms with E-state index in [0.717, 1.165) is 27.6 Å². The predicted molar refractivity (Wildman–Crippen MR) is 131 cm³/mol. The SMILES string of the molecule is CCn1c(CCC(=O)Nc2ccc(-c3nccs3)cc2)nc2cc(S(=O)(=O)N(C)C)ccc21. The van der Waals surface area contributed by atoms with Crippen LogP contribution in [0.15, 0.2) is 58.9 Å². The lowest BCUT2D eigenvalue weighted by molar-refractivity contribution is -0.116. The van der Waals surface area contributed by atoms with Gasteiger partial charge in [-0.1, -0.05) is 0 Å². The van der Waals surface area contributed by atoms with Crippen LogP contribution in [0, 0.1) is 0 Å². The summed E-state index contributed by atoms with van der Waals surface area (Å²) in [5.41, 5.74) is 3.19. The third-order valence-electron chi connectivity index (χ3n) is 5.32. The van der Waals surface area contributed by atoms with E-state index < -0.39 is 10.0 Å². The first kappa shape index (κ1) is 23.1. The Balaban J connectivity index is 1.46. The smallest absolute Gasteiger partial charge is 0.242 e. The highest BCUT2D eigenvalue weighted by molar-refractivity contribution is 7.89. The maximum atomic E-state index is 12.5. The van der Waals surface area contributed by atoms with E-state index in [1.165, 1.54) is 18.4 Å². The van der Waals surface area contributed by atoms with Crippen molar-refractivity contribution >= 4 is 44.0 Å². The van der Waals surface area contributed by atoms with E-state index >= 15 is 0 Å². The number of amides is 1. The van der Waals surface area contributed by atoms with Gasteiger partial charge < -0.3 is 9.88 Å². The standard InChI is InChI=1S/C23H25N5O3S2/c1-4-28-20-10-9-18(33(30,31)27(2)3)15-19(20)26-21(28)11-12-22(29)25-17-7-5-16(6-8-17)23-24-13-14-32-23/h5-10,13-15H,4,11-12H2,1-3H3,(H,25,29). The summed E-state index contributed by atoms with van der Waals surface area (Å²) in [6.45, 7) is 2.67. The third kappa shape index (κ3) is 4.82. The number of aromatic nitrogens is 3. The van der Waals surface area contributed by atoms with Gasteiger partial charge in [-0.25, -0.2) is 22.7 Å². The number of rotatable bonds is 8. The van der Waals surface area contributed by atoms with Crippen LogP contribution in [-0.4, -0.2) is 47.3 Å². The summed E-state index contributed by atoms with van der Waals surface area (Å²) in [6.07, 6.45) is 2.48. The summed E-state index contributed by atoms with van der Waals surface area (Å²) < 4.78 is 28.1. The van der Waals surface area contributed by atoms with E-state index in [1.54, 1.807) is 35.7 Å². The molecule has 2 aromatic carbocycles. The Hall–Kier alpha value is -3.08. The van der Waals surface area contributed by atoms with Crippen molar-refractivity contribution in [3.63, 3.8) is 0 Å². The first-order valence-electron chi connectivity index (χ1n) is 10.5. The maximum absolute atomic E-state index is 12.5. The number of thiazole rings is 1. The molecule has 0 aliphatic carbocycles. The molecule has 0 fully saturated rings. The Morgan fingerprint density at radius 3 is 2.55 bits per heavy atom. The van der Waals surface area contributed by atoms with Crippen LogP contribution in [0.4, 0.5) is 5.69 Å². The van der Waals surface area contributed by atoms with Crippen molar-refractivity contribution in [1.82, 2.24) is 18.8 Å². The number of aryl methyl sites for hydroxylation is 2. The Kier molecular flexibility index (Phi) is 6.59. The molecule has 10 heteroatoms. The molecule has 0 spiro atoms. The van der Waals surface area contributed by atoms with Gasteiger partial charge in [-0.05, 0) is 49.4 Å². The average molecular weight is 484 g/mol. The van der Waals surface area contributed by atoms with Crippen molar-refractivity contribution in [2.45, 2.75) is 31.2 Å². The lowest BCUT2D eigenvalue weighted by Gasteiger charge is -2.11. The molecule has 0 saturated carbocycles. The van der Waals surface area contributed by atoms with Crippen molar-refractivity contribution in [1.29, 1.82) is 0 Å². The minimum absolute atomic E-state index is 0.109. The van der Waals surface area contributed by atoms with Crippen LogP contribution in [0.2, 0.25) is 0 Å². The molecule has 4 rings (SSSR count). The molecule has 2 heterocycles. The van der Waals surface area contributed by atoms with Crippen molar-refractivity contribution in [3.05, 3.63) is 59.9 Å². The molecule has 172 valence electrons. The van der Waals surface area contributed by atoms with E-state index in [2.05, 4.69) is 15.3 Å². The van der Waals surface area contributed by atoms with Gasteiger partial charge in [0.15, 0.2) is 0 Å². The first-order valence-corrected chi connectivity index (χ1v) is 12.8. The Bertz CT molecular complexity index is 1380. The number of hydrogen-bond acceptors (Lipinski definition) is 6. The molecule has 4 aromatic rings. The number of nitrogens with one attached hydrogen (secondary N) is 1. The highest BCUT2D eigenvalue weighted by atomic mass is 32.2. The average Bonchev–Trinajstić information content (AvgIpc) is 3.45. The summed E-state index contributed by atoms with van der Waals surface area (Å²) in [6, 6.07) is 12.6.